The van der Waals surface area contributed by atoms with Gasteiger partial charge in [-0.2, -0.15) is 9.47 Å². The first-order valence-electron chi connectivity index (χ1n) is 8.50. The van der Waals surface area contributed by atoms with E-state index in [1.165, 1.54) is 11.5 Å². The Hall–Kier alpha value is -1.96. The lowest BCUT2D eigenvalue weighted by Crippen LogP contribution is -2.48. The molecule has 8 heteroatoms. The van der Waals surface area contributed by atoms with Gasteiger partial charge in [-0.15, -0.1) is 0 Å². The Bertz CT molecular complexity index is 671. The number of nitrogens with zero attached hydrogens (tertiary/aromatic N) is 6. The van der Waals surface area contributed by atoms with Crippen LogP contribution in [-0.2, 0) is 0 Å². The number of anilines is 1. The highest BCUT2D eigenvalue weighted by atomic mass is 32.1. The fourth-order valence-corrected chi connectivity index (χ4v) is 3.79. The summed E-state index contributed by atoms with van der Waals surface area (Å²) in [5.74, 6) is 0.0848. The number of carbonyl (C=O) groups is 1. The number of carbonyl (C=O) groups excluding carboxylic acids is 1. The maximum absolute atomic E-state index is 12.9. The van der Waals surface area contributed by atoms with E-state index in [9.17, 15) is 4.79 Å². The van der Waals surface area contributed by atoms with E-state index in [1.54, 1.807) is 12.5 Å². The van der Waals surface area contributed by atoms with Crippen LogP contribution in [0.2, 0.25) is 0 Å². The smallest absolute Gasteiger partial charge is 0.257 e. The largest absolute Gasteiger partial charge is 0.343 e. The van der Waals surface area contributed by atoms with Crippen molar-refractivity contribution in [1.29, 1.82) is 0 Å². The molecule has 0 bridgehead atoms. The summed E-state index contributed by atoms with van der Waals surface area (Å²) < 4.78 is 6.05. The summed E-state index contributed by atoms with van der Waals surface area (Å²) in [6.07, 6.45) is 5.35. The molecule has 130 valence electrons. The lowest BCUT2D eigenvalue weighted by Gasteiger charge is -2.34. The van der Waals surface area contributed by atoms with Gasteiger partial charge in [0.25, 0.3) is 5.91 Å². The molecule has 3 heterocycles. The zero-order valence-electron chi connectivity index (χ0n) is 14.5. The molecule has 2 aromatic heterocycles. The van der Waals surface area contributed by atoms with Gasteiger partial charge < -0.3 is 9.80 Å². The number of rotatable bonds is 5. The Morgan fingerprint density at radius 3 is 2.54 bits per heavy atom. The van der Waals surface area contributed by atoms with Crippen molar-refractivity contribution < 1.29 is 4.79 Å². The van der Waals surface area contributed by atoms with Gasteiger partial charge in [0.15, 0.2) is 0 Å². The molecule has 0 aliphatic carbocycles. The molecule has 0 radical (unpaired) electrons. The monoisotopic (exact) mass is 348 g/mol. The maximum Gasteiger partial charge on any atom is 0.257 e. The SMILES string of the molecule is CCC(CC)n1ncc(C(=O)N2CCN(c3ncns3)CC2)c1C. The zero-order chi connectivity index (χ0) is 17.1. The summed E-state index contributed by atoms with van der Waals surface area (Å²) in [7, 11) is 0. The van der Waals surface area contributed by atoms with Crippen LogP contribution in [0.1, 0.15) is 48.8 Å². The molecule has 0 aromatic carbocycles. The number of piperazine rings is 1. The van der Waals surface area contributed by atoms with E-state index in [0.29, 0.717) is 19.1 Å². The molecule has 1 fully saturated rings. The molecule has 1 saturated heterocycles. The van der Waals surface area contributed by atoms with E-state index >= 15 is 0 Å². The highest BCUT2D eigenvalue weighted by Gasteiger charge is 2.26. The summed E-state index contributed by atoms with van der Waals surface area (Å²) in [5.41, 5.74) is 1.70. The van der Waals surface area contributed by atoms with Gasteiger partial charge in [0, 0.05) is 43.4 Å². The lowest BCUT2D eigenvalue weighted by molar-refractivity contribution is 0.0746. The van der Waals surface area contributed by atoms with Gasteiger partial charge in [-0.25, -0.2) is 4.98 Å². The molecule has 1 aliphatic heterocycles. The van der Waals surface area contributed by atoms with Gasteiger partial charge in [-0.1, -0.05) is 13.8 Å². The Morgan fingerprint density at radius 2 is 1.96 bits per heavy atom. The van der Waals surface area contributed by atoms with Gasteiger partial charge in [-0.05, 0) is 19.8 Å². The van der Waals surface area contributed by atoms with Gasteiger partial charge >= 0.3 is 0 Å². The summed E-state index contributed by atoms with van der Waals surface area (Å²) in [6, 6.07) is 0.362. The van der Waals surface area contributed by atoms with Crippen LogP contribution < -0.4 is 4.90 Å². The molecule has 0 N–H and O–H groups in total. The van der Waals surface area contributed by atoms with E-state index in [4.69, 9.17) is 0 Å². The minimum absolute atomic E-state index is 0.0848. The third-order valence-electron chi connectivity index (χ3n) is 4.75. The van der Waals surface area contributed by atoms with Crippen molar-refractivity contribution in [3.63, 3.8) is 0 Å². The normalized spacial score (nSPS) is 15.3. The highest BCUT2D eigenvalue weighted by molar-refractivity contribution is 7.09. The lowest BCUT2D eigenvalue weighted by atomic mass is 10.1. The van der Waals surface area contributed by atoms with Gasteiger partial charge in [-0.3, -0.25) is 9.48 Å². The van der Waals surface area contributed by atoms with Crippen LogP contribution in [0.25, 0.3) is 0 Å². The minimum atomic E-state index is 0.0848. The Morgan fingerprint density at radius 1 is 1.25 bits per heavy atom. The molecule has 1 amide bonds. The number of amides is 1. The van der Waals surface area contributed by atoms with Crippen molar-refractivity contribution in [1.82, 2.24) is 24.0 Å². The molecular weight excluding hydrogens is 324 g/mol. The molecule has 0 unspecified atom stereocenters. The van der Waals surface area contributed by atoms with Crippen molar-refractivity contribution >= 4 is 22.6 Å². The van der Waals surface area contributed by atoms with Crippen molar-refractivity contribution in [2.75, 3.05) is 31.1 Å². The highest BCUT2D eigenvalue weighted by Crippen LogP contribution is 2.22. The minimum Gasteiger partial charge on any atom is -0.343 e. The van der Waals surface area contributed by atoms with Crippen molar-refractivity contribution in [3.8, 4) is 0 Å². The predicted molar refractivity (Wildman–Crippen MR) is 94.6 cm³/mol. The second kappa shape index (κ2) is 7.29. The first-order valence-corrected chi connectivity index (χ1v) is 9.28. The van der Waals surface area contributed by atoms with E-state index in [0.717, 1.165) is 42.3 Å². The average molecular weight is 348 g/mol. The topological polar surface area (TPSA) is 67.2 Å². The molecule has 2 aromatic rings. The van der Waals surface area contributed by atoms with Gasteiger partial charge in [0.1, 0.15) is 6.33 Å². The predicted octanol–water partition coefficient (Wildman–Crippen LogP) is 2.37. The van der Waals surface area contributed by atoms with E-state index < -0.39 is 0 Å². The van der Waals surface area contributed by atoms with Gasteiger partial charge in [0.2, 0.25) is 5.13 Å². The van der Waals surface area contributed by atoms with Crippen LogP contribution in [0.4, 0.5) is 5.13 Å². The Balaban J connectivity index is 1.67. The van der Waals surface area contributed by atoms with Crippen molar-refractivity contribution in [2.24, 2.45) is 0 Å². The van der Waals surface area contributed by atoms with Crippen LogP contribution in [0.15, 0.2) is 12.5 Å². The summed E-state index contributed by atoms with van der Waals surface area (Å²) in [5, 5.41) is 5.40. The third-order valence-corrected chi connectivity index (χ3v) is 5.48. The molecule has 0 saturated carbocycles. The van der Waals surface area contributed by atoms with Crippen LogP contribution in [0, 0.1) is 6.92 Å². The second-order valence-corrected chi connectivity index (χ2v) is 6.82. The number of hydrogen-bond donors (Lipinski definition) is 0. The molecule has 0 spiro atoms. The molecule has 0 atom stereocenters. The third kappa shape index (κ3) is 3.15. The first kappa shape index (κ1) is 16.9. The summed E-state index contributed by atoms with van der Waals surface area (Å²) in [6.45, 7) is 9.30. The van der Waals surface area contributed by atoms with Crippen LogP contribution in [0.5, 0.6) is 0 Å². The van der Waals surface area contributed by atoms with E-state index in [1.807, 2.05) is 16.5 Å². The van der Waals surface area contributed by atoms with Crippen LogP contribution in [0.3, 0.4) is 0 Å². The van der Waals surface area contributed by atoms with Crippen LogP contribution >= 0.6 is 11.5 Å². The fourth-order valence-electron chi connectivity index (χ4n) is 3.21. The van der Waals surface area contributed by atoms with Crippen LogP contribution in [-0.4, -0.2) is 56.1 Å². The Labute approximate surface area is 146 Å². The van der Waals surface area contributed by atoms with E-state index in [-0.39, 0.29) is 5.91 Å². The first-order chi connectivity index (χ1) is 11.7. The average Bonchev–Trinajstić information content (AvgIpc) is 3.27. The molecule has 3 rings (SSSR count). The molecular formula is C16H24N6OS. The second-order valence-electron chi connectivity index (χ2n) is 6.06. The number of hydrogen-bond acceptors (Lipinski definition) is 6. The van der Waals surface area contributed by atoms with Crippen molar-refractivity contribution in [2.45, 2.75) is 39.7 Å². The summed E-state index contributed by atoms with van der Waals surface area (Å²) >= 11 is 1.40. The molecule has 24 heavy (non-hydrogen) atoms. The number of aromatic nitrogens is 4. The van der Waals surface area contributed by atoms with E-state index in [2.05, 4.69) is 33.2 Å². The summed E-state index contributed by atoms with van der Waals surface area (Å²) in [4.78, 5) is 21.2. The molecule has 7 nitrogen and oxygen atoms in total. The Kier molecular flexibility index (Phi) is 5.13. The quantitative estimate of drug-likeness (QED) is 0.830. The molecule has 1 aliphatic rings. The zero-order valence-corrected chi connectivity index (χ0v) is 15.3. The van der Waals surface area contributed by atoms with Crippen molar-refractivity contribution in [3.05, 3.63) is 23.8 Å². The fraction of sp³-hybridized carbons (Fsp3) is 0.625. The van der Waals surface area contributed by atoms with Gasteiger partial charge in [0.05, 0.1) is 17.8 Å². The maximum atomic E-state index is 12.9. The standard InChI is InChI=1S/C16H24N6OS/c1-4-13(5-2)22-12(3)14(10-18-22)15(23)20-6-8-21(9-7-20)16-17-11-19-24-16/h10-11,13H,4-9H2,1-3H3.